The molecular formula is C33H32O10. The van der Waals surface area contributed by atoms with Gasteiger partial charge in [-0.25, -0.2) is 14.4 Å². The van der Waals surface area contributed by atoms with Crippen LogP contribution < -0.4 is 14.2 Å². The van der Waals surface area contributed by atoms with E-state index in [4.69, 9.17) is 40.3 Å². The number of hydrogen-bond acceptors (Lipinski definition) is 10. The molecule has 0 atom stereocenters. The van der Waals surface area contributed by atoms with Gasteiger partial charge in [0.1, 0.15) is 7.11 Å². The summed E-state index contributed by atoms with van der Waals surface area (Å²) in [6.07, 6.45) is 6.89. The molecule has 0 bridgehead atoms. The van der Waals surface area contributed by atoms with Crippen LogP contribution >= 0.6 is 0 Å². The molecule has 10 nitrogen and oxygen atoms in total. The Balaban J connectivity index is 1.87. The van der Waals surface area contributed by atoms with Crippen molar-refractivity contribution in [3.63, 3.8) is 0 Å². The highest BCUT2D eigenvalue weighted by atomic mass is 16.7. The lowest BCUT2D eigenvalue weighted by Crippen LogP contribution is -2.18. The van der Waals surface area contributed by atoms with Crippen molar-refractivity contribution in [2.24, 2.45) is 0 Å². The van der Waals surface area contributed by atoms with Crippen molar-refractivity contribution >= 4 is 17.9 Å². The molecule has 0 aliphatic heterocycles. The van der Waals surface area contributed by atoms with E-state index in [9.17, 15) is 14.4 Å². The first-order chi connectivity index (χ1) is 20.9. The van der Waals surface area contributed by atoms with E-state index in [0.717, 1.165) is 49.5 Å². The van der Waals surface area contributed by atoms with Crippen LogP contribution in [0.4, 0.5) is 0 Å². The fraction of sp³-hybridized carbons (Fsp3) is 0.273. The Morgan fingerprint density at radius 2 is 1.19 bits per heavy atom. The SMILES string of the molecule is [CH]OC1CCC(c2ccc(C#Cc3cc(OCOC(=O)C=C)c(OCOC(=O)C=C)c(OCOC(=O)C=C)c3)cc2)CC1. The zero-order valence-electron chi connectivity index (χ0n) is 23.6. The Morgan fingerprint density at radius 3 is 1.65 bits per heavy atom. The fourth-order valence-electron chi connectivity index (χ4n) is 4.15. The van der Waals surface area contributed by atoms with Crippen LogP contribution in [0.1, 0.15) is 48.3 Å². The second-order valence-corrected chi connectivity index (χ2v) is 9.07. The Labute approximate surface area is 250 Å². The number of rotatable bonds is 14. The maximum Gasteiger partial charge on any atom is 0.333 e. The molecule has 0 amide bonds. The van der Waals surface area contributed by atoms with Gasteiger partial charge in [0, 0.05) is 41.5 Å². The minimum atomic E-state index is -0.726. The summed E-state index contributed by atoms with van der Waals surface area (Å²) in [5.74, 6) is 4.47. The molecule has 0 heterocycles. The number of benzene rings is 2. The molecule has 2 aromatic rings. The minimum Gasteiger partial charge on any atom is -0.453 e. The number of hydrogen-bond donors (Lipinski definition) is 0. The van der Waals surface area contributed by atoms with Gasteiger partial charge in [-0.3, -0.25) is 0 Å². The first kappa shape index (κ1) is 32.5. The molecule has 224 valence electrons. The van der Waals surface area contributed by atoms with E-state index in [2.05, 4.69) is 43.7 Å². The Morgan fingerprint density at radius 1 is 0.721 bits per heavy atom. The van der Waals surface area contributed by atoms with Crippen LogP contribution in [0.15, 0.2) is 74.4 Å². The lowest BCUT2D eigenvalue weighted by Gasteiger charge is -2.27. The summed E-state index contributed by atoms with van der Waals surface area (Å²) in [7, 11) is 5.33. The van der Waals surface area contributed by atoms with E-state index in [1.807, 2.05) is 12.1 Å². The van der Waals surface area contributed by atoms with Crippen LogP contribution in [0.25, 0.3) is 0 Å². The van der Waals surface area contributed by atoms with Crippen LogP contribution in [-0.2, 0) is 33.3 Å². The molecule has 0 spiro atoms. The number of esters is 3. The van der Waals surface area contributed by atoms with E-state index in [1.54, 1.807) is 0 Å². The molecule has 2 radical (unpaired) electrons. The van der Waals surface area contributed by atoms with Gasteiger partial charge in [-0.15, -0.1) is 0 Å². The van der Waals surface area contributed by atoms with Crippen molar-refractivity contribution < 1.29 is 47.5 Å². The standard InChI is InChI=1S/C33H32O10/c1-5-30(34)40-20-38-28-18-24(9-8-23-10-12-25(13-11-23)26-14-16-27(37-4)17-15-26)19-29(39-21-41-31(35)6-2)33(28)43-22-42-32(36)7-3/h4-7,10-13,18-19,26-27H,1-3,14-17,20-22H2. The first-order valence-corrected chi connectivity index (χ1v) is 13.3. The summed E-state index contributed by atoms with van der Waals surface area (Å²) in [4.78, 5) is 34.5. The Hall–Kier alpha value is -5.01. The number of carbonyl (C=O) groups excluding carboxylic acids is 3. The van der Waals surface area contributed by atoms with Crippen LogP contribution in [0.2, 0.25) is 0 Å². The number of ether oxygens (including phenoxy) is 7. The third-order valence-corrected chi connectivity index (χ3v) is 6.36. The van der Waals surface area contributed by atoms with Crippen LogP contribution in [0.3, 0.4) is 0 Å². The highest BCUT2D eigenvalue weighted by molar-refractivity contribution is 5.81. The van der Waals surface area contributed by atoms with Crippen molar-refractivity contribution in [1.82, 2.24) is 0 Å². The topological polar surface area (TPSA) is 116 Å². The van der Waals surface area contributed by atoms with E-state index in [1.165, 1.54) is 17.7 Å². The summed E-state index contributed by atoms with van der Waals surface area (Å²) < 4.78 is 36.5. The van der Waals surface area contributed by atoms with Crippen LogP contribution in [0.5, 0.6) is 17.2 Å². The van der Waals surface area contributed by atoms with Crippen molar-refractivity contribution in [2.45, 2.75) is 37.7 Å². The number of carbonyl (C=O) groups is 3. The second-order valence-electron chi connectivity index (χ2n) is 9.07. The fourth-order valence-corrected chi connectivity index (χ4v) is 4.15. The molecular weight excluding hydrogens is 556 g/mol. The smallest absolute Gasteiger partial charge is 0.333 e. The van der Waals surface area contributed by atoms with Gasteiger partial charge >= 0.3 is 17.9 Å². The van der Waals surface area contributed by atoms with Gasteiger partial charge in [0.2, 0.25) is 26.1 Å². The molecule has 0 saturated heterocycles. The van der Waals surface area contributed by atoms with Crippen LogP contribution in [0, 0.1) is 19.0 Å². The first-order valence-electron chi connectivity index (χ1n) is 13.3. The zero-order chi connectivity index (χ0) is 31.0. The molecule has 0 N–H and O–H groups in total. The van der Waals surface area contributed by atoms with Crippen molar-refractivity contribution in [1.29, 1.82) is 0 Å². The molecule has 43 heavy (non-hydrogen) atoms. The van der Waals surface area contributed by atoms with Gasteiger partial charge in [0.25, 0.3) is 0 Å². The predicted molar refractivity (Wildman–Crippen MR) is 155 cm³/mol. The third-order valence-electron chi connectivity index (χ3n) is 6.36. The van der Waals surface area contributed by atoms with E-state index in [-0.39, 0.29) is 23.4 Å². The third kappa shape index (κ3) is 10.4. The predicted octanol–water partition coefficient (Wildman–Crippen LogP) is 4.99. The van der Waals surface area contributed by atoms with E-state index < -0.39 is 38.3 Å². The summed E-state index contributed by atoms with van der Waals surface area (Å²) >= 11 is 0. The summed E-state index contributed by atoms with van der Waals surface area (Å²) in [6.45, 7) is 8.46. The summed E-state index contributed by atoms with van der Waals surface area (Å²) in [6, 6.07) is 11.0. The van der Waals surface area contributed by atoms with Gasteiger partial charge in [-0.2, -0.15) is 0 Å². The normalized spacial score (nSPS) is 15.5. The monoisotopic (exact) mass is 588 g/mol. The molecule has 0 aromatic heterocycles. The highest BCUT2D eigenvalue weighted by Crippen LogP contribution is 2.39. The van der Waals surface area contributed by atoms with Crippen molar-refractivity contribution in [3.05, 3.63) is 98.2 Å². The lowest BCUT2D eigenvalue weighted by atomic mass is 9.82. The molecule has 1 fully saturated rings. The average molecular weight is 589 g/mol. The van der Waals surface area contributed by atoms with Gasteiger partial charge in [-0.1, -0.05) is 43.7 Å². The molecule has 0 unspecified atom stereocenters. The van der Waals surface area contributed by atoms with Gasteiger partial charge in [0.05, 0.1) is 6.10 Å². The maximum absolute atomic E-state index is 11.5. The van der Waals surface area contributed by atoms with E-state index >= 15 is 0 Å². The van der Waals surface area contributed by atoms with Gasteiger partial charge < -0.3 is 33.2 Å². The zero-order valence-corrected chi connectivity index (χ0v) is 23.6. The molecule has 3 rings (SSSR count). The Kier molecular flexibility index (Phi) is 12.9. The van der Waals surface area contributed by atoms with Crippen molar-refractivity contribution in [3.8, 4) is 29.1 Å². The summed E-state index contributed by atoms with van der Waals surface area (Å²) in [5.41, 5.74) is 2.42. The quantitative estimate of drug-likeness (QED) is 0.0982. The minimum absolute atomic E-state index is 0.0363. The van der Waals surface area contributed by atoms with E-state index in [0.29, 0.717) is 11.5 Å². The average Bonchev–Trinajstić information content (AvgIpc) is 3.04. The lowest BCUT2D eigenvalue weighted by molar-refractivity contribution is -0.146. The second kappa shape index (κ2) is 17.1. The highest BCUT2D eigenvalue weighted by Gasteiger charge is 2.22. The van der Waals surface area contributed by atoms with Gasteiger partial charge in [-0.05, 0) is 49.3 Å². The maximum atomic E-state index is 11.5. The summed E-state index contributed by atoms with van der Waals surface area (Å²) in [5, 5.41) is 0. The molecule has 2 aromatic carbocycles. The van der Waals surface area contributed by atoms with Gasteiger partial charge in [0.15, 0.2) is 11.5 Å². The molecule has 1 aliphatic rings. The largest absolute Gasteiger partial charge is 0.453 e. The van der Waals surface area contributed by atoms with Crippen LogP contribution in [-0.4, -0.2) is 44.4 Å². The molecule has 1 saturated carbocycles. The molecule has 1 aliphatic carbocycles. The van der Waals surface area contributed by atoms with Crippen molar-refractivity contribution in [2.75, 3.05) is 20.4 Å². The molecule has 10 heteroatoms. The Bertz CT molecular complexity index is 1310.